The Hall–Kier alpha value is -3.08. The van der Waals surface area contributed by atoms with Crippen LogP contribution in [0.2, 0.25) is 0 Å². The molecule has 1 aromatic carbocycles. The number of halogens is 1. The van der Waals surface area contributed by atoms with E-state index in [1.807, 2.05) is 47.4 Å². The fourth-order valence-corrected chi connectivity index (χ4v) is 3.89. The molecular formula is C24H24FN3O. The van der Waals surface area contributed by atoms with Gasteiger partial charge in [-0.3, -0.25) is 14.8 Å². The molecule has 2 aromatic heterocycles. The second-order valence-electron chi connectivity index (χ2n) is 7.54. The Morgan fingerprint density at radius 2 is 1.93 bits per heavy atom. The molecule has 0 N–H and O–H groups in total. The molecule has 5 heteroatoms. The van der Waals surface area contributed by atoms with Crippen molar-refractivity contribution in [3.05, 3.63) is 95.3 Å². The number of benzene rings is 1. The van der Waals surface area contributed by atoms with Crippen LogP contribution in [0.1, 0.15) is 41.4 Å². The molecule has 1 amide bonds. The minimum absolute atomic E-state index is 0.115. The smallest absolute Gasteiger partial charge is 0.228 e. The van der Waals surface area contributed by atoms with Crippen LogP contribution in [-0.2, 0) is 17.6 Å². The van der Waals surface area contributed by atoms with E-state index >= 15 is 0 Å². The minimum atomic E-state index is -0.229. The lowest BCUT2D eigenvalue weighted by Gasteiger charge is -2.32. The van der Waals surface area contributed by atoms with Crippen molar-refractivity contribution in [2.45, 2.75) is 31.6 Å². The molecule has 3 heterocycles. The van der Waals surface area contributed by atoms with Gasteiger partial charge in [0.2, 0.25) is 5.91 Å². The van der Waals surface area contributed by atoms with E-state index in [-0.39, 0.29) is 17.6 Å². The summed E-state index contributed by atoms with van der Waals surface area (Å²) in [5.74, 6) is 0.112. The highest BCUT2D eigenvalue weighted by Crippen LogP contribution is 2.26. The highest BCUT2D eigenvalue weighted by Gasteiger charge is 2.26. The topological polar surface area (TPSA) is 46.1 Å². The normalized spacial score (nSPS) is 16.6. The first kappa shape index (κ1) is 19.2. The van der Waals surface area contributed by atoms with E-state index in [0.717, 1.165) is 42.0 Å². The number of likely N-dealkylation sites (tertiary alicyclic amines) is 1. The maximum atomic E-state index is 13.5. The van der Waals surface area contributed by atoms with Gasteiger partial charge >= 0.3 is 0 Å². The Morgan fingerprint density at radius 1 is 1.07 bits per heavy atom. The van der Waals surface area contributed by atoms with Crippen LogP contribution >= 0.6 is 0 Å². The third-order valence-corrected chi connectivity index (χ3v) is 5.35. The Morgan fingerprint density at radius 3 is 2.76 bits per heavy atom. The largest absolute Gasteiger partial charge is 0.342 e. The number of piperidine rings is 1. The molecule has 1 saturated heterocycles. The first-order valence-electron chi connectivity index (χ1n) is 10.1. The zero-order valence-electron chi connectivity index (χ0n) is 16.3. The van der Waals surface area contributed by atoms with Crippen molar-refractivity contribution in [1.29, 1.82) is 0 Å². The third-order valence-electron chi connectivity index (χ3n) is 5.35. The summed E-state index contributed by atoms with van der Waals surface area (Å²) < 4.78 is 13.5. The van der Waals surface area contributed by atoms with Crippen molar-refractivity contribution in [3.8, 4) is 0 Å². The first-order valence-corrected chi connectivity index (χ1v) is 10.1. The molecule has 1 aliphatic heterocycles. The van der Waals surface area contributed by atoms with Crippen LogP contribution in [0.25, 0.3) is 0 Å². The van der Waals surface area contributed by atoms with E-state index in [0.29, 0.717) is 19.4 Å². The van der Waals surface area contributed by atoms with Crippen LogP contribution in [0.3, 0.4) is 0 Å². The number of hydrogen-bond donors (Lipinski definition) is 0. The van der Waals surface area contributed by atoms with Gasteiger partial charge in [-0.1, -0.05) is 24.3 Å². The molecule has 1 unspecified atom stereocenters. The number of carbonyl (C=O) groups is 1. The van der Waals surface area contributed by atoms with Gasteiger partial charge in [-0.2, -0.15) is 0 Å². The number of nitrogens with zero attached hydrogens (tertiary/aromatic N) is 3. The Kier molecular flexibility index (Phi) is 5.94. The van der Waals surface area contributed by atoms with Gasteiger partial charge in [0.05, 0.1) is 6.42 Å². The Labute approximate surface area is 170 Å². The van der Waals surface area contributed by atoms with E-state index in [2.05, 4.69) is 4.98 Å². The lowest BCUT2D eigenvalue weighted by atomic mass is 9.93. The van der Waals surface area contributed by atoms with Crippen molar-refractivity contribution >= 4 is 5.91 Å². The molecule has 1 atom stereocenters. The van der Waals surface area contributed by atoms with E-state index in [1.54, 1.807) is 18.3 Å². The fourth-order valence-electron chi connectivity index (χ4n) is 3.89. The maximum absolute atomic E-state index is 13.5. The summed E-state index contributed by atoms with van der Waals surface area (Å²) in [4.78, 5) is 23.7. The zero-order valence-corrected chi connectivity index (χ0v) is 16.3. The molecule has 0 spiro atoms. The minimum Gasteiger partial charge on any atom is -0.342 e. The summed E-state index contributed by atoms with van der Waals surface area (Å²) in [5, 5.41) is 0. The molecule has 1 fully saturated rings. The lowest BCUT2D eigenvalue weighted by Crippen LogP contribution is -2.40. The number of carbonyl (C=O) groups excluding carboxylic acids is 1. The van der Waals surface area contributed by atoms with E-state index in [1.165, 1.54) is 6.07 Å². The van der Waals surface area contributed by atoms with Crippen LogP contribution in [-0.4, -0.2) is 33.9 Å². The summed E-state index contributed by atoms with van der Waals surface area (Å²) >= 11 is 0. The molecular weight excluding hydrogens is 365 g/mol. The predicted octanol–water partition coefficient (Wildman–Crippen LogP) is 4.16. The van der Waals surface area contributed by atoms with Gasteiger partial charge in [-0.15, -0.1) is 0 Å². The summed E-state index contributed by atoms with van der Waals surface area (Å²) in [6.07, 6.45) is 4.63. The first-order chi connectivity index (χ1) is 14.2. The average molecular weight is 389 g/mol. The summed E-state index contributed by atoms with van der Waals surface area (Å²) in [7, 11) is 0. The average Bonchev–Trinajstić information content (AvgIpc) is 2.75. The molecule has 0 radical (unpaired) electrons. The van der Waals surface area contributed by atoms with Crippen LogP contribution in [0, 0.1) is 5.82 Å². The molecule has 0 bridgehead atoms. The second kappa shape index (κ2) is 8.95. The Bertz CT molecular complexity index is 977. The molecule has 4 rings (SSSR count). The molecule has 29 heavy (non-hydrogen) atoms. The van der Waals surface area contributed by atoms with Gasteiger partial charge in [0, 0.05) is 48.7 Å². The van der Waals surface area contributed by atoms with Crippen LogP contribution in [0.15, 0.2) is 66.9 Å². The van der Waals surface area contributed by atoms with Gasteiger partial charge in [-0.05, 0) is 54.8 Å². The molecule has 148 valence electrons. The van der Waals surface area contributed by atoms with Crippen LogP contribution in [0.4, 0.5) is 4.39 Å². The number of aromatic nitrogens is 2. The van der Waals surface area contributed by atoms with Crippen molar-refractivity contribution in [2.24, 2.45) is 0 Å². The third kappa shape index (κ3) is 5.05. The van der Waals surface area contributed by atoms with Crippen LogP contribution in [0.5, 0.6) is 0 Å². The van der Waals surface area contributed by atoms with E-state index in [9.17, 15) is 9.18 Å². The van der Waals surface area contributed by atoms with E-state index in [4.69, 9.17) is 4.98 Å². The highest BCUT2D eigenvalue weighted by atomic mass is 19.1. The number of pyridine rings is 2. The van der Waals surface area contributed by atoms with Gasteiger partial charge < -0.3 is 4.90 Å². The fraction of sp³-hybridized carbons (Fsp3) is 0.292. The molecule has 4 nitrogen and oxygen atoms in total. The molecule has 0 saturated carbocycles. The van der Waals surface area contributed by atoms with Crippen molar-refractivity contribution in [1.82, 2.24) is 14.9 Å². The number of hydrogen-bond acceptors (Lipinski definition) is 3. The van der Waals surface area contributed by atoms with E-state index < -0.39 is 0 Å². The Balaban J connectivity index is 1.43. The van der Waals surface area contributed by atoms with Gasteiger partial charge in [0.1, 0.15) is 5.82 Å². The standard InChI is InChI=1S/C24H24FN3O/c25-20-8-3-6-18(14-20)15-22-10-4-11-23(27-22)19-7-5-13-28(17-19)24(29)16-21-9-1-2-12-26-21/h1-4,6,8-12,14,19H,5,7,13,15-17H2. The highest BCUT2D eigenvalue weighted by molar-refractivity contribution is 5.78. The molecule has 1 aliphatic rings. The second-order valence-corrected chi connectivity index (χ2v) is 7.54. The van der Waals surface area contributed by atoms with Crippen LogP contribution < -0.4 is 0 Å². The van der Waals surface area contributed by atoms with Gasteiger partial charge in [0.25, 0.3) is 0 Å². The zero-order chi connectivity index (χ0) is 20.1. The van der Waals surface area contributed by atoms with Crippen molar-refractivity contribution in [2.75, 3.05) is 13.1 Å². The lowest BCUT2D eigenvalue weighted by molar-refractivity contribution is -0.131. The number of amides is 1. The summed E-state index contributed by atoms with van der Waals surface area (Å²) in [5.41, 5.74) is 3.64. The summed E-state index contributed by atoms with van der Waals surface area (Å²) in [6.45, 7) is 1.47. The predicted molar refractivity (Wildman–Crippen MR) is 110 cm³/mol. The molecule has 0 aliphatic carbocycles. The quantitative estimate of drug-likeness (QED) is 0.658. The van der Waals surface area contributed by atoms with Gasteiger partial charge in [0.15, 0.2) is 0 Å². The maximum Gasteiger partial charge on any atom is 0.228 e. The van der Waals surface area contributed by atoms with Gasteiger partial charge in [-0.25, -0.2) is 4.39 Å². The SMILES string of the molecule is O=C(Cc1ccccn1)N1CCCC(c2cccc(Cc3cccc(F)c3)n2)C1. The molecule has 3 aromatic rings. The van der Waals surface area contributed by atoms with Crippen molar-refractivity contribution in [3.63, 3.8) is 0 Å². The van der Waals surface area contributed by atoms with Crippen molar-refractivity contribution < 1.29 is 9.18 Å². The number of rotatable bonds is 5. The summed E-state index contributed by atoms with van der Waals surface area (Å²) in [6, 6.07) is 18.3. The monoisotopic (exact) mass is 389 g/mol.